The Morgan fingerprint density at radius 2 is 0.739 bits per heavy atom. The number of rotatable bonds is 38. The predicted molar refractivity (Wildman–Crippen MR) is 203 cm³/mol. The molecule has 4 heteroatoms. The zero-order chi connectivity index (χ0) is 33.8. The van der Waals surface area contributed by atoms with E-state index in [1.165, 1.54) is 205 Å². The molecular weight excluding hydrogens is 566 g/mol. The van der Waals surface area contributed by atoms with Gasteiger partial charge in [-0.1, -0.05) is 220 Å². The molecule has 0 rings (SSSR count). The van der Waals surface area contributed by atoms with E-state index in [1.54, 1.807) is 0 Å². The van der Waals surface area contributed by atoms with Crippen molar-refractivity contribution < 1.29 is 14.6 Å². The first kappa shape index (κ1) is 44.8. The summed E-state index contributed by atoms with van der Waals surface area (Å²) in [6.07, 6.45) is 43.2. The minimum absolute atomic E-state index is 0.0261. The second kappa shape index (κ2) is 36.6. The van der Waals surface area contributed by atoms with E-state index < -0.39 is 6.16 Å². The van der Waals surface area contributed by atoms with Crippen molar-refractivity contribution in [1.82, 2.24) is 4.90 Å². The van der Waals surface area contributed by atoms with Crippen molar-refractivity contribution >= 4 is 6.16 Å². The summed E-state index contributed by atoms with van der Waals surface area (Å²) in [5.74, 6) is 0.0261. The normalized spacial score (nSPS) is 12.0. The second-order valence-corrected chi connectivity index (χ2v) is 14.6. The van der Waals surface area contributed by atoms with Crippen molar-refractivity contribution in [1.29, 1.82) is 0 Å². The van der Waals surface area contributed by atoms with Gasteiger partial charge >= 0.3 is 6.16 Å². The standard InChI is InChI=1S/C42H83NO3/c1-5-7-9-11-13-15-17-19-21-23-25-27-29-31-33-35-37-43(41(4)40(3)39-46-42(44)45)38-36-34-32-30-28-26-24-22-20-18-16-14-12-10-8-6-2/h40H,4-39H2,1-3H3,(H,44,45). The Morgan fingerprint density at radius 3 is 0.978 bits per heavy atom. The zero-order valence-electron chi connectivity index (χ0n) is 31.7. The number of unbranched alkanes of at least 4 members (excludes halogenated alkanes) is 30. The third-order valence-corrected chi connectivity index (χ3v) is 10.00. The van der Waals surface area contributed by atoms with Gasteiger partial charge in [0.05, 0.1) is 0 Å². The van der Waals surface area contributed by atoms with Crippen molar-refractivity contribution in [2.24, 2.45) is 5.92 Å². The summed E-state index contributed by atoms with van der Waals surface area (Å²) in [6.45, 7) is 13.3. The first-order valence-corrected chi connectivity index (χ1v) is 20.8. The maximum absolute atomic E-state index is 10.9. The molecule has 0 aromatic carbocycles. The van der Waals surface area contributed by atoms with Crippen LogP contribution in [0.1, 0.15) is 226 Å². The van der Waals surface area contributed by atoms with Crippen LogP contribution in [0, 0.1) is 5.92 Å². The van der Waals surface area contributed by atoms with Crippen molar-refractivity contribution in [2.75, 3.05) is 19.7 Å². The van der Waals surface area contributed by atoms with Crippen LogP contribution in [0.15, 0.2) is 12.3 Å². The molecule has 0 saturated carbocycles. The summed E-state index contributed by atoms with van der Waals surface area (Å²) in [6, 6.07) is 0. The molecule has 274 valence electrons. The third kappa shape index (κ3) is 32.7. The number of carboxylic acid groups (broad SMARTS) is 1. The molecule has 0 aromatic heterocycles. The van der Waals surface area contributed by atoms with Gasteiger partial charge in [-0.2, -0.15) is 0 Å². The van der Waals surface area contributed by atoms with E-state index in [0.29, 0.717) is 0 Å². The molecule has 0 radical (unpaired) electrons. The van der Waals surface area contributed by atoms with Crippen LogP contribution in [0.2, 0.25) is 0 Å². The van der Waals surface area contributed by atoms with Crippen molar-refractivity contribution in [3.05, 3.63) is 12.3 Å². The highest BCUT2D eigenvalue weighted by atomic mass is 16.7. The van der Waals surface area contributed by atoms with Gasteiger partial charge < -0.3 is 14.7 Å². The van der Waals surface area contributed by atoms with Crippen LogP contribution in [0.5, 0.6) is 0 Å². The summed E-state index contributed by atoms with van der Waals surface area (Å²) in [5.41, 5.74) is 1.04. The summed E-state index contributed by atoms with van der Waals surface area (Å²) < 4.78 is 4.87. The fourth-order valence-corrected chi connectivity index (χ4v) is 6.70. The van der Waals surface area contributed by atoms with Crippen LogP contribution in [-0.4, -0.2) is 35.9 Å². The Balaban J connectivity index is 3.94. The lowest BCUT2D eigenvalue weighted by atomic mass is 10.0. The van der Waals surface area contributed by atoms with Crippen LogP contribution in [0.3, 0.4) is 0 Å². The van der Waals surface area contributed by atoms with Gasteiger partial charge in [0.15, 0.2) is 0 Å². The molecule has 0 saturated heterocycles. The predicted octanol–water partition coefficient (Wildman–Crippen LogP) is 14.7. The molecule has 0 aliphatic rings. The SMILES string of the molecule is C=C(C(C)COC(=O)O)N(CCCCCCCCCCCCCCCCCC)CCCCCCCCCCCCCCCCCC. The van der Waals surface area contributed by atoms with Gasteiger partial charge in [-0.15, -0.1) is 0 Å². The highest BCUT2D eigenvalue weighted by Gasteiger charge is 2.16. The fourth-order valence-electron chi connectivity index (χ4n) is 6.70. The number of carbonyl (C=O) groups is 1. The summed E-state index contributed by atoms with van der Waals surface area (Å²) in [4.78, 5) is 13.3. The smallest absolute Gasteiger partial charge is 0.450 e. The molecule has 0 heterocycles. The molecule has 0 aliphatic carbocycles. The van der Waals surface area contributed by atoms with Crippen LogP contribution >= 0.6 is 0 Å². The molecule has 0 fully saturated rings. The van der Waals surface area contributed by atoms with E-state index >= 15 is 0 Å². The Hall–Kier alpha value is -1.19. The van der Waals surface area contributed by atoms with Gasteiger partial charge in [-0.3, -0.25) is 0 Å². The molecule has 1 unspecified atom stereocenters. The van der Waals surface area contributed by atoms with Gasteiger partial charge in [-0.05, 0) is 12.8 Å². The topological polar surface area (TPSA) is 49.8 Å². The van der Waals surface area contributed by atoms with Gasteiger partial charge in [0.25, 0.3) is 0 Å². The number of nitrogens with zero attached hydrogens (tertiary/aromatic N) is 1. The lowest BCUT2D eigenvalue weighted by molar-refractivity contribution is 0.0794. The maximum atomic E-state index is 10.9. The van der Waals surface area contributed by atoms with Crippen molar-refractivity contribution in [3.63, 3.8) is 0 Å². The number of hydrogen-bond acceptors (Lipinski definition) is 3. The highest BCUT2D eigenvalue weighted by Crippen LogP contribution is 2.19. The largest absolute Gasteiger partial charge is 0.505 e. The Kier molecular flexibility index (Phi) is 35.7. The zero-order valence-corrected chi connectivity index (χ0v) is 31.7. The van der Waals surface area contributed by atoms with Crippen LogP contribution in [0.25, 0.3) is 0 Å². The molecule has 0 bridgehead atoms. The first-order chi connectivity index (χ1) is 22.5. The van der Waals surface area contributed by atoms with Crippen molar-refractivity contribution in [2.45, 2.75) is 226 Å². The van der Waals surface area contributed by atoms with E-state index in [2.05, 4.69) is 25.3 Å². The van der Waals surface area contributed by atoms with E-state index in [0.717, 1.165) is 18.8 Å². The summed E-state index contributed by atoms with van der Waals surface area (Å²) in [7, 11) is 0. The minimum Gasteiger partial charge on any atom is -0.450 e. The number of hydrogen-bond donors (Lipinski definition) is 1. The van der Waals surface area contributed by atoms with E-state index in [-0.39, 0.29) is 12.5 Å². The molecular formula is C42H83NO3. The third-order valence-electron chi connectivity index (χ3n) is 10.00. The average Bonchev–Trinajstić information content (AvgIpc) is 3.05. The molecule has 1 atom stereocenters. The van der Waals surface area contributed by atoms with Gasteiger partial charge in [0, 0.05) is 24.7 Å². The number of ether oxygens (including phenoxy) is 1. The minimum atomic E-state index is -1.19. The molecule has 4 nitrogen and oxygen atoms in total. The van der Waals surface area contributed by atoms with Crippen LogP contribution in [0.4, 0.5) is 4.79 Å². The molecule has 0 aromatic rings. The molecule has 1 N–H and O–H groups in total. The van der Waals surface area contributed by atoms with Crippen LogP contribution < -0.4 is 0 Å². The van der Waals surface area contributed by atoms with Gasteiger partial charge in [-0.25, -0.2) is 4.79 Å². The van der Waals surface area contributed by atoms with Crippen LogP contribution in [-0.2, 0) is 4.74 Å². The van der Waals surface area contributed by atoms with Gasteiger partial charge in [0.1, 0.15) is 6.61 Å². The van der Waals surface area contributed by atoms with E-state index in [9.17, 15) is 4.79 Å². The summed E-state index contributed by atoms with van der Waals surface area (Å²) in [5, 5.41) is 8.94. The Bertz CT molecular complexity index is 600. The Labute approximate surface area is 289 Å². The second-order valence-electron chi connectivity index (χ2n) is 14.6. The first-order valence-electron chi connectivity index (χ1n) is 20.8. The quantitative estimate of drug-likeness (QED) is 0.0534. The fraction of sp³-hybridized carbons (Fsp3) is 0.929. The molecule has 0 spiro atoms. The summed E-state index contributed by atoms with van der Waals surface area (Å²) >= 11 is 0. The van der Waals surface area contributed by atoms with Crippen molar-refractivity contribution in [3.8, 4) is 0 Å². The average molecular weight is 650 g/mol. The monoisotopic (exact) mass is 650 g/mol. The van der Waals surface area contributed by atoms with Gasteiger partial charge in [0.2, 0.25) is 0 Å². The van der Waals surface area contributed by atoms with E-state index in [1.807, 2.05) is 6.92 Å². The lowest BCUT2D eigenvalue weighted by Gasteiger charge is -2.30. The van der Waals surface area contributed by atoms with E-state index in [4.69, 9.17) is 9.84 Å². The highest BCUT2D eigenvalue weighted by molar-refractivity contribution is 5.56. The molecule has 0 aliphatic heterocycles. The molecule has 0 amide bonds. The lowest BCUT2D eigenvalue weighted by Crippen LogP contribution is -2.30. The maximum Gasteiger partial charge on any atom is 0.505 e. The molecule has 46 heavy (non-hydrogen) atoms. The Morgan fingerprint density at radius 1 is 0.500 bits per heavy atom.